The number of carbonyl (C=O) groups excluding carboxylic acids is 4. The number of rotatable bonds is 11. The summed E-state index contributed by atoms with van der Waals surface area (Å²) < 4.78 is 125. The molecule has 60 heavy (non-hydrogen) atoms. The van der Waals surface area contributed by atoms with Crippen molar-refractivity contribution in [3.8, 4) is 0 Å². The smallest absolute Gasteiger partial charge is 0.424 e. The molecule has 0 aromatic heterocycles. The van der Waals surface area contributed by atoms with Gasteiger partial charge in [0.15, 0.2) is 0 Å². The van der Waals surface area contributed by atoms with Crippen molar-refractivity contribution in [2.45, 2.75) is 82.3 Å². The molecule has 2 aliphatic rings. The van der Waals surface area contributed by atoms with Gasteiger partial charge in [-0.05, 0) is 75.4 Å². The molecule has 5 amide bonds. The van der Waals surface area contributed by atoms with E-state index in [9.17, 15) is 53.9 Å². The number of imide groups is 1. The number of urea groups is 1. The molecule has 3 aromatic rings. The Kier molecular flexibility index (Phi) is 12.9. The summed E-state index contributed by atoms with van der Waals surface area (Å²) in [6, 6.07) is 16.8. The van der Waals surface area contributed by atoms with Crippen LogP contribution in [0.4, 0.5) is 40.7 Å². The highest BCUT2D eigenvalue weighted by Gasteiger charge is 2.60. The molecule has 0 saturated carbocycles. The fourth-order valence-electron chi connectivity index (χ4n) is 7.00. The molecular weight excluding hydrogens is 827 g/mol. The Morgan fingerprint density at radius 3 is 1.98 bits per heavy atom. The lowest BCUT2D eigenvalue weighted by molar-refractivity contribution is -0.143. The molecule has 1 N–H and O–H groups in total. The molecule has 2 heterocycles. The molecule has 2 saturated heterocycles. The number of hydrogen-bond acceptors (Lipinski definition) is 9. The Balaban J connectivity index is 1.51. The number of ether oxygens (including phenoxy) is 3. The lowest BCUT2D eigenvalue weighted by Crippen LogP contribution is -2.67. The maximum atomic E-state index is 14.3. The second-order valence-corrected chi connectivity index (χ2v) is 17.5. The molecule has 3 aromatic carbocycles. The summed E-state index contributed by atoms with van der Waals surface area (Å²) in [4.78, 5) is 56.8. The summed E-state index contributed by atoms with van der Waals surface area (Å²) in [5.74, 6) is -0.870. The molecule has 20 heteroatoms. The van der Waals surface area contributed by atoms with Gasteiger partial charge in [-0.1, -0.05) is 60.7 Å². The lowest BCUT2D eigenvalue weighted by Gasteiger charge is -2.51. The zero-order valence-corrected chi connectivity index (χ0v) is 34.0. The maximum Gasteiger partial charge on any atom is 0.424 e. The van der Waals surface area contributed by atoms with Crippen LogP contribution in [0, 0.1) is 0 Å². The van der Waals surface area contributed by atoms with Crippen LogP contribution in [-0.4, -0.2) is 90.3 Å². The first-order valence-corrected chi connectivity index (χ1v) is 20.4. The number of carbonyl (C=O) groups is 4. The van der Waals surface area contributed by atoms with E-state index in [1.54, 1.807) is 60.7 Å². The minimum absolute atomic E-state index is 0.000819. The Bertz CT molecular complexity index is 2150. The SMILES string of the molecule is C[C@@H](OC[C@@]1(c2ccccc2)CCC2(CN1C(=O)OCc1ccccc1)NC(=O)N(CCN(C(=O)OC(C)(C)C)S(C)(=O)=O)C2=O)c1cc(C(F)(F)F)cc(C(F)(F)F)c1. The van der Waals surface area contributed by atoms with Gasteiger partial charge in [-0.3, -0.25) is 14.6 Å². The first-order chi connectivity index (χ1) is 27.8. The Morgan fingerprint density at radius 1 is 0.883 bits per heavy atom. The fraction of sp³-hybridized carbons (Fsp3) is 0.450. The Labute approximate surface area is 342 Å². The van der Waals surface area contributed by atoms with Gasteiger partial charge in [-0.25, -0.2) is 27.1 Å². The van der Waals surface area contributed by atoms with E-state index in [0.717, 1.165) is 11.2 Å². The molecule has 2 fully saturated rings. The maximum absolute atomic E-state index is 14.3. The summed E-state index contributed by atoms with van der Waals surface area (Å²) in [6.45, 7) is 3.18. The molecule has 326 valence electrons. The van der Waals surface area contributed by atoms with Crippen LogP contribution in [-0.2, 0) is 53.5 Å². The van der Waals surface area contributed by atoms with E-state index in [1.807, 2.05) is 0 Å². The molecule has 5 rings (SSSR count). The van der Waals surface area contributed by atoms with Crippen LogP contribution in [0.25, 0.3) is 0 Å². The highest BCUT2D eigenvalue weighted by atomic mass is 32.2. The van der Waals surface area contributed by atoms with Crippen molar-refractivity contribution in [3.05, 3.63) is 107 Å². The molecule has 1 spiro atoms. The molecule has 3 atom stereocenters. The van der Waals surface area contributed by atoms with Gasteiger partial charge in [-0.2, -0.15) is 26.3 Å². The first kappa shape index (κ1) is 45.7. The predicted octanol–water partition coefficient (Wildman–Crippen LogP) is 7.62. The molecular formula is C40H44F6N4O9S. The average Bonchev–Trinajstić information content (AvgIpc) is 3.38. The quantitative estimate of drug-likeness (QED) is 0.152. The van der Waals surface area contributed by atoms with Crippen molar-refractivity contribution in [2.75, 3.05) is 32.5 Å². The molecule has 1 unspecified atom stereocenters. The largest absolute Gasteiger partial charge is 0.445 e. The van der Waals surface area contributed by atoms with Crippen LogP contribution >= 0.6 is 0 Å². The highest BCUT2D eigenvalue weighted by Crippen LogP contribution is 2.45. The van der Waals surface area contributed by atoms with Gasteiger partial charge >= 0.3 is 30.6 Å². The number of halogens is 6. The van der Waals surface area contributed by atoms with Gasteiger partial charge in [0.25, 0.3) is 5.91 Å². The first-order valence-electron chi connectivity index (χ1n) is 18.6. The van der Waals surface area contributed by atoms with Gasteiger partial charge in [0.05, 0.1) is 48.7 Å². The summed E-state index contributed by atoms with van der Waals surface area (Å²) >= 11 is 0. The number of likely N-dealkylation sites (tertiary alicyclic amines) is 1. The Hall–Kier alpha value is -5.37. The van der Waals surface area contributed by atoms with Gasteiger partial charge < -0.3 is 19.5 Å². The lowest BCUT2D eigenvalue weighted by atomic mass is 9.74. The van der Waals surface area contributed by atoms with Crippen LogP contribution < -0.4 is 5.32 Å². The summed E-state index contributed by atoms with van der Waals surface area (Å²) in [5.41, 5.74) is -7.07. The van der Waals surface area contributed by atoms with E-state index in [1.165, 1.54) is 27.7 Å². The monoisotopic (exact) mass is 870 g/mol. The minimum atomic E-state index is -5.12. The van der Waals surface area contributed by atoms with Crippen LogP contribution in [0.2, 0.25) is 0 Å². The van der Waals surface area contributed by atoms with Crippen LogP contribution in [0.1, 0.15) is 74.5 Å². The van der Waals surface area contributed by atoms with Gasteiger partial charge in [0, 0.05) is 6.54 Å². The third-order valence-corrected chi connectivity index (χ3v) is 11.2. The number of sulfonamides is 1. The van der Waals surface area contributed by atoms with Gasteiger partial charge in [0.1, 0.15) is 17.7 Å². The van der Waals surface area contributed by atoms with E-state index in [0.29, 0.717) is 32.5 Å². The average molecular weight is 871 g/mol. The minimum Gasteiger partial charge on any atom is -0.445 e. The fourth-order valence-corrected chi connectivity index (χ4v) is 7.72. The van der Waals surface area contributed by atoms with E-state index < -0.39 is 112 Å². The summed E-state index contributed by atoms with van der Waals surface area (Å²) in [7, 11) is -4.25. The van der Waals surface area contributed by atoms with Crippen molar-refractivity contribution in [1.29, 1.82) is 0 Å². The van der Waals surface area contributed by atoms with Crippen molar-refractivity contribution in [1.82, 2.24) is 19.4 Å². The number of hydrogen-bond donors (Lipinski definition) is 1. The molecule has 2 aliphatic heterocycles. The number of nitrogens with zero attached hydrogens (tertiary/aromatic N) is 3. The highest BCUT2D eigenvalue weighted by molar-refractivity contribution is 7.88. The number of nitrogens with one attached hydrogen (secondary N) is 1. The number of amides is 5. The van der Waals surface area contributed by atoms with Crippen molar-refractivity contribution >= 4 is 34.1 Å². The van der Waals surface area contributed by atoms with Gasteiger partial charge in [-0.15, -0.1) is 0 Å². The van der Waals surface area contributed by atoms with Crippen molar-refractivity contribution < 1.29 is 68.1 Å². The topological polar surface area (TPSA) is 152 Å². The van der Waals surface area contributed by atoms with E-state index in [2.05, 4.69) is 5.32 Å². The number of alkyl halides is 6. The van der Waals surface area contributed by atoms with E-state index >= 15 is 0 Å². The Morgan fingerprint density at radius 2 is 1.45 bits per heavy atom. The van der Waals surface area contributed by atoms with Gasteiger partial charge in [0.2, 0.25) is 10.0 Å². The predicted molar refractivity (Wildman–Crippen MR) is 202 cm³/mol. The molecule has 13 nitrogen and oxygen atoms in total. The standard InChI is InChI=1S/C40H44F6N4O9S/c1-26(28-20-30(39(41,42)43)22-31(21-28)40(44,45)46)58-25-38(29-14-10-7-11-15-29)17-16-37(24-49(38)34(53)57-23-27-12-8-6-9-13-27)32(51)48(33(52)47-37)18-19-50(60(5,55)56)35(54)59-36(2,3)4/h6-15,20-22,26H,16-19,23-25H2,1-5H3,(H,47,52)/t26-,37?,38-/m1/s1. The number of piperidine rings is 1. The van der Waals surface area contributed by atoms with Crippen LogP contribution in [0.15, 0.2) is 78.9 Å². The third kappa shape index (κ3) is 10.3. The second-order valence-electron chi connectivity index (χ2n) is 15.6. The normalized spacial score (nSPS) is 20.5. The summed E-state index contributed by atoms with van der Waals surface area (Å²) in [6.07, 6.45) is -13.5. The second kappa shape index (κ2) is 16.9. The zero-order valence-electron chi connectivity index (χ0n) is 33.2. The van der Waals surface area contributed by atoms with Crippen LogP contribution in [0.5, 0.6) is 0 Å². The summed E-state index contributed by atoms with van der Waals surface area (Å²) in [5, 5.41) is 2.63. The van der Waals surface area contributed by atoms with Crippen molar-refractivity contribution in [2.24, 2.45) is 0 Å². The molecule has 0 bridgehead atoms. The number of benzene rings is 3. The zero-order chi connectivity index (χ0) is 44.5. The third-order valence-electron chi connectivity index (χ3n) is 10.1. The van der Waals surface area contributed by atoms with E-state index in [-0.39, 0.29) is 25.5 Å². The molecule has 0 aliphatic carbocycles. The molecule has 0 radical (unpaired) electrons. The van der Waals surface area contributed by atoms with E-state index in [4.69, 9.17) is 14.2 Å². The van der Waals surface area contributed by atoms with Crippen molar-refractivity contribution in [3.63, 3.8) is 0 Å². The van der Waals surface area contributed by atoms with Crippen LogP contribution in [0.3, 0.4) is 0 Å².